The molecule has 0 amide bonds. The summed E-state index contributed by atoms with van der Waals surface area (Å²) in [4.78, 5) is 2.28. The van der Waals surface area contributed by atoms with E-state index in [0.29, 0.717) is 12.1 Å². The van der Waals surface area contributed by atoms with Crippen molar-refractivity contribution in [2.45, 2.75) is 46.3 Å². The lowest BCUT2D eigenvalue weighted by molar-refractivity contribution is 0.589. The quantitative estimate of drug-likeness (QED) is 0.820. The molecule has 1 rings (SSSR count). The minimum Gasteiger partial charge on any atom is -0.372 e. The van der Waals surface area contributed by atoms with Crippen LogP contribution in [0.15, 0.2) is 24.3 Å². The topological polar surface area (TPSA) is 15.3 Å². The van der Waals surface area contributed by atoms with Crippen LogP contribution in [0.1, 0.15) is 33.3 Å². The summed E-state index contributed by atoms with van der Waals surface area (Å²) in [6.45, 7) is 9.69. The van der Waals surface area contributed by atoms with E-state index in [0.717, 1.165) is 6.54 Å². The maximum Gasteiger partial charge on any atom is 0.0366 e. The molecule has 0 fully saturated rings. The molecule has 0 atom stereocenters. The number of nitrogens with one attached hydrogen (secondary N) is 1. The van der Waals surface area contributed by atoms with Crippen LogP contribution in [0, 0.1) is 0 Å². The Morgan fingerprint density at radius 2 is 1.62 bits per heavy atom. The van der Waals surface area contributed by atoms with E-state index >= 15 is 0 Å². The zero-order valence-corrected chi connectivity index (χ0v) is 11.1. The van der Waals surface area contributed by atoms with Crippen LogP contribution in [0.25, 0.3) is 0 Å². The first-order chi connectivity index (χ1) is 7.50. The van der Waals surface area contributed by atoms with Gasteiger partial charge in [0, 0.05) is 31.4 Å². The van der Waals surface area contributed by atoms with E-state index in [1.54, 1.807) is 0 Å². The van der Waals surface area contributed by atoms with Crippen LogP contribution in [-0.4, -0.2) is 19.1 Å². The van der Waals surface area contributed by atoms with E-state index in [-0.39, 0.29) is 0 Å². The molecular formula is C14H24N2. The van der Waals surface area contributed by atoms with Gasteiger partial charge in [0.1, 0.15) is 0 Å². The van der Waals surface area contributed by atoms with Gasteiger partial charge in [0.05, 0.1) is 0 Å². The molecular weight excluding hydrogens is 196 g/mol. The Labute approximate surface area is 99.7 Å². The fourth-order valence-corrected chi connectivity index (χ4v) is 1.47. The molecule has 0 unspecified atom stereocenters. The van der Waals surface area contributed by atoms with Crippen molar-refractivity contribution in [3.8, 4) is 0 Å². The van der Waals surface area contributed by atoms with Gasteiger partial charge in [-0.1, -0.05) is 26.0 Å². The first-order valence-electron chi connectivity index (χ1n) is 6.06. The lowest BCUT2D eigenvalue weighted by Gasteiger charge is -2.24. The van der Waals surface area contributed by atoms with Crippen molar-refractivity contribution >= 4 is 5.69 Å². The van der Waals surface area contributed by atoms with Crippen LogP contribution in [0.5, 0.6) is 0 Å². The van der Waals surface area contributed by atoms with Crippen molar-refractivity contribution in [3.63, 3.8) is 0 Å². The van der Waals surface area contributed by atoms with Crippen LogP contribution < -0.4 is 10.2 Å². The van der Waals surface area contributed by atoms with Gasteiger partial charge in [0.2, 0.25) is 0 Å². The maximum absolute atomic E-state index is 3.42. The maximum atomic E-state index is 3.42. The summed E-state index contributed by atoms with van der Waals surface area (Å²) in [5.41, 5.74) is 2.62. The van der Waals surface area contributed by atoms with Crippen molar-refractivity contribution < 1.29 is 0 Å². The summed E-state index contributed by atoms with van der Waals surface area (Å²) in [6, 6.07) is 9.86. The average molecular weight is 220 g/mol. The van der Waals surface area contributed by atoms with E-state index in [4.69, 9.17) is 0 Å². The molecule has 0 radical (unpaired) electrons. The molecule has 0 aliphatic carbocycles. The first kappa shape index (κ1) is 13.0. The van der Waals surface area contributed by atoms with Crippen molar-refractivity contribution in [2.75, 3.05) is 11.9 Å². The number of nitrogens with zero attached hydrogens (tertiary/aromatic N) is 1. The Morgan fingerprint density at radius 3 is 2.06 bits per heavy atom. The largest absolute Gasteiger partial charge is 0.372 e. The molecule has 0 saturated carbocycles. The second-order valence-corrected chi connectivity index (χ2v) is 4.91. The van der Waals surface area contributed by atoms with Gasteiger partial charge >= 0.3 is 0 Å². The third-order valence-corrected chi connectivity index (χ3v) is 2.83. The molecule has 0 heterocycles. The smallest absolute Gasteiger partial charge is 0.0366 e. The van der Waals surface area contributed by atoms with Crippen LogP contribution in [0.4, 0.5) is 5.69 Å². The summed E-state index contributed by atoms with van der Waals surface area (Å²) >= 11 is 0. The van der Waals surface area contributed by atoms with E-state index in [1.165, 1.54) is 11.3 Å². The van der Waals surface area contributed by atoms with Gasteiger partial charge < -0.3 is 10.2 Å². The van der Waals surface area contributed by atoms with Crippen molar-refractivity contribution in [1.29, 1.82) is 0 Å². The second-order valence-electron chi connectivity index (χ2n) is 4.91. The van der Waals surface area contributed by atoms with Crippen molar-refractivity contribution in [3.05, 3.63) is 29.8 Å². The molecule has 0 aliphatic rings. The highest BCUT2D eigenvalue weighted by atomic mass is 15.1. The Hall–Kier alpha value is -1.02. The van der Waals surface area contributed by atoms with Gasteiger partial charge in [0.15, 0.2) is 0 Å². The van der Waals surface area contributed by atoms with Crippen LogP contribution in [0.2, 0.25) is 0 Å². The summed E-state index contributed by atoms with van der Waals surface area (Å²) in [7, 11) is 2.13. The van der Waals surface area contributed by atoms with E-state index < -0.39 is 0 Å². The lowest BCUT2D eigenvalue weighted by atomic mass is 10.1. The van der Waals surface area contributed by atoms with Gasteiger partial charge in [-0.25, -0.2) is 0 Å². The molecule has 90 valence electrons. The Kier molecular flexibility index (Phi) is 4.81. The zero-order chi connectivity index (χ0) is 12.1. The predicted octanol–water partition coefficient (Wildman–Crippen LogP) is 3.03. The SMILES string of the molecule is CC(C)NCc1ccc(N(C)C(C)C)cc1. The Balaban J connectivity index is 2.61. The van der Waals surface area contributed by atoms with E-state index in [9.17, 15) is 0 Å². The van der Waals surface area contributed by atoms with Crippen LogP contribution >= 0.6 is 0 Å². The lowest BCUT2D eigenvalue weighted by Crippen LogP contribution is -2.25. The monoisotopic (exact) mass is 220 g/mol. The number of hydrogen-bond acceptors (Lipinski definition) is 2. The van der Waals surface area contributed by atoms with Gasteiger partial charge in [-0.15, -0.1) is 0 Å². The zero-order valence-electron chi connectivity index (χ0n) is 11.1. The molecule has 0 aliphatic heterocycles. The summed E-state index contributed by atoms with van der Waals surface area (Å²) < 4.78 is 0. The van der Waals surface area contributed by atoms with Crippen LogP contribution in [0.3, 0.4) is 0 Å². The van der Waals surface area contributed by atoms with Crippen molar-refractivity contribution in [2.24, 2.45) is 0 Å². The highest BCUT2D eigenvalue weighted by Crippen LogP contribution is 2.15. The van der Waals surface area contributed by atoms with Gasteiger partial charge in [-0.2, -0.15) is 0 Å². The van der Waals surface area contributed by atoms with E-state index in [2.05, 4.69) is 69.2 Å². The number of hydrogen-bond donors (Lipinski definition) is 1. The minimum atomic E-state index is 0.540. The molecule has 0 aromatic heterocycles. The normalized spacial score (nSPS) is 11.2. The highest BCUT2D eigenvalue weighted by Gasteiger charge is 2.04. The molecule has 1 N–H and O–H groups in total. The second kappa shape index (κ2) is 5.90. The summed E-state index contributed by atoms with van der Waals surface area (Å²) in [5.74, 6) is 0. The molecule has 2 heteroatoms. The summed E-state index contributed by atoms with van der Waals surface area (Å²) in [6.07, 6.45) is 0. The molecule has 1 aromatic rings. The molecule has 0 spiro atoms. The van der Waals surface area contributed by atoms with Gasteiger partial charge in [-0.05, 0) is 31.5 Å². The fourth-order valence-electron chi connectivity index (χ4n) is 1.47. The fraction of sp³-hybridized carbons (Fsp3) is 0.571. The average Bonchev–Trinajstić information content (AvgIpc) is 2.26. The molecule has 0 bridgehead atoms. The number of rotatable bonds is 5. The third kappa shape index (κ3) is 3.86. The van der Waals surface area contributed by atoms with Gasteiger partial charge in [0.25, 0.3) is 0 Å². The Bertz CT molecular complexity index is 301. The molecule has 0 saturated heterocycles. The number of anilines is 1. The highest BCUT2D eigenvalue weighted by molar-refractivity contribution is 5.47. The first-order valence-corrected chi connectivity index (χ1v) is 6.06. The van der Waals surface area contributed by atoms with Gasteiger partial charge in [-0.3, -0.25) is 0 Å². The minimum absolute atomic E-state index is 0.540. The molecule has 2 nitrogen and oxygen atoms in total. The van der Waals surface area contributed by atoms with E-state index in [1.807, 2.05) is 0 Å². The van der Waals surface area contributed by atoms with Crippen LogP contribution in [-0.2, 0) is 6.54 Å². The Morgan fingerprint density at radius 1 is 1.06 bits per heavy atom. The summed E-state index contributed by atoms with van der Waals surface area (Å²) in [5, 5.41) is 3.42. The third-order valence-electron chi connectivity index (χ3n) is 2.83. The number of benzene rings is 1. The molecule has 1 aromatic carbocycles. The predicted molar refractivity (Wildman–Crippen MR) is 72.0 cm³/mol. The van der Waals surface area contributed by atoms with Crippen molar-refractivity contribution in [1.82, 2.24) is 5.32 Å². The molecule has 16 heavy (non-hydrogen) atoms. The standard InChI is InChI=1S/C14H24N2/c1-11(2)15-10-13-6-8-14(9-7-13)16(5)12(3)4/h6-9,11-12,15H,10H2,1-5H3.